The Bertz CT molecular complexity index is 1420. The lowest BCUT2D eigenvalue weighted by Crippen LogP contribution is -2.28. The fourth-order valence-electron chi connectivity index (χ4n) is 3.43. The number of fused-ring (bicyclic) bond motifs is 1. The summed E-state index contributed by atoms with van der Waals surface area (Å²) >= 11 is 0. The second-order valence-corrected chi connectivity index (χ2v) is 7.77. The first kappa shape index (κ1) is 24.5. The molecule has 0 unspecified atom stereocenters. The molecule has 0 radical (unpaired) electrons. The van der Waals surface area contributed by atoms with E-state index in [-0.39, 0.29) is 36.0 Å². The van der Waals surface area contributed by atoms with Gasteiger partial charge in [0.15, 0.2) is 11.4 Å². The zero-order valence-electron chi connectivity index (χ0n) is 19.1. The molecule has 0 atom stereocenters. The van der Waals surface area contributed by atoms with E-state index in [0.717, 1.165) is 5.56 Å². The molecule has 0 saturated heterocycles. The zero-order valence-corrected chi connectivity index (χ0v) is 19.1. The summed E-state index contributed by atoms with van der Waals surface area (Å²) in [7, 11) is 0. The van der Waals surface area contributed by atoms with Crippen molar-refractivity contribution in [3.8, 4) is 5.75 Å². The molecule has 2 aromatic heterocycles. The number of carbonyl (C=O) groups is 3. The van der Waals surface area contributed by atoms with Crippen LogP contribution in [0.15, 0.2) is 66.9 Å². The van der Waals surface area contributed by atoms with E-state index in [1.54, 1.807) is 36.4 Å². The van der Waals surface area contributed by atoms with Crippen LogP contribution in [0.4, 0.5) is 8.78 Å². The number of halogens is 2. The fraction of sp³-hybridized carbons (Fsp3) is 0.160. The van der Waals surface area contributed by atoms with Crippen molar-refractivity contribution in [2.24, 2.45) is 0 Å². The molecule has 0 spiro atoms. The van der Waals surface area contributed by atoms with Crippen LogP contribution in [0.5, 0.6) is 5.75 Å². The SMILES string of the molecule is CC(=O)c1ccc(CNC(=O)c2cc(C(=O)NCc3cccc(OC(F)F)c3)nc3ccnn23)cc1. The minimum absolute atomic E-state index is 0.0149. The van der Waals surface area contributed by atoms with Crippen molar-refractivity contribution in [3.05, 3.63) is 94.9 Å². The number of hydrogen-bond acceptors (Lipinski definition) is 6. The molecule has 36 heavy (non-hydrogen) atoms. The van der Waals surface area contributed by atoms with Gasteiger partial charge < -0.3 is 15.4 Å². The monoisotopic (exact) mass is 493 g/mol. The van der Waals surface area contributed by atoms with Gasteiger partial charge in [0.2, 0.25) is 0 Å². The normalized spacial score (nSPS) is 10.9. The molecule has 2 heterocycles. The lowest BCUT2D eigenvalue weighted by molar-refractivity contribution is -0.0499. The molecule has 0 bridgehead atoms. The quantitative estimate of drug-likeness (QED) is 0.346. The Morgan fingerprint density at radius 3 is 2.39 bits per heavy atom. The highest BCUT2D eigenvalue weighted by molar-refractivity contribution is 5.98. The number of aromatic nitrogens is 3. The molecule has 184 valence electrons. The van der Waals surface area contributed by atoms with Gasteiger partial charge in [-0.05, 0) is 30.2 Å². The molecule has 0 aliphatic rings. The van der Waals surface area contributed by atoms with Gasteiger partial charge in [-0.15, -0.1) is 0 Å². The highest BCUT2D eigenvalue weighted by atomic mass is 19.3. The van der Waals surface area contributed by atoms with Crippen LogP contribution in [0.1, 0.15) is 49.4 Å². The van der Waals surface area contributed by atoms with Gasteiger partial charge in [-0.25, -0.2) is 9.50 Å². The van der Waals surface area contributed by atoms with E-state index in [9.17, 15) is 23.2 Å². The van der Waals surface area contributed by atoms with E-state index < -0.39 is 18.4 Å². The number of nitrogens with zero attached hydrogens (tertiary/aromatic N) is 3. The largest absolute Gasteiger partial charge is 0.435 e. The molecule has 9 nitrogen and oxygen atoms in total. The van der Waals surface area contributed by atoms with Crippen LogP contribution < -0.4 is 15.4 Å². The van der Waals surface area contributed by atoms with E-state index in [1.807, 2.05) is 0 Å². The number of nitrogens with one attached hydrogen (secondary N) is 2. The molecule has 2 N–H and O–H groups in total. The summed E-state index contributed by atoms with van der Waals surface area (Å²) in [4.78, 5) is 41.4. The van der Waals surface area contributed by atoms with Crippen molar-refractivity contribution in [2.45, 2.75) is 26.6 Å². The van der Waals surface area contributed by atoms with Crippen LogP contribution in [0, 0.1) is 0 Å². The summed E-state index contributed by atoms with van der Waals surface area (Å²) in [6.45, 7) is -1.25. The molecular formula is C25H21F2N5O4. The van der Waals surface area contributed by atoms with Crippen LogP contribution in [0.25, 0.3) is 5.65 Å². The molecule has 0 aliphatic carbocycles. The highest BCUT2D eigenvalue weighted by Gasteiger charge is 2.18. The molecule has 2 amide bonds. The number of ether oxygens (including phenoxy) is 1. The average molecular weight is 493 g/mol. The molecule has 2 aromatic carbocycles. The lowest BCUT2D eigenvalue weighted by atomic mass is 10.1. The third-order valence-corrected chi connectivity index (χ3v) is 5.21. The molecule has 4 aromatic rings. The van der Waals surface area contributed by atoms with Crippen molar-refractivity contribution in [3.63, 3.8) is 0 Å². The standard InChI is InChI=1S/C25H21F2N5O4/c1-15(33)18-7-5-16(6-8-18)13-29-24(35)21-12-20(31-22-9-10-30-32(21)22)23(34)28-14-17-3-2-4-19(11-17)36-25(26)27/h2-12,25H,13-14H2,1H3,(H,28,34)(H,29,35). The van der Waals surface area contributed by atoms with E-state index >= 15 is 0 Å². The number of alkyl halides is 2. The summed E-state index contributed by atoms with van der Waals surface area (Å²) in [6.07, 6.45) is 1.45. The van der Waals surface area contributed by atoms with Gasteiger partial charge in [-0.1, -0.05) is 36.4 Å². The number of amides is 2. The van der Waals surface area contributed by atoms with Gasteiger partial charge in [0, 0.05) is 30.8 Å². The van der Waals surface area contributed by atoms with Gasteiger partial charge in [-0.3, -0.25) is 14.4 Å². The summed E-state index contributed by atoms with van der Waals surface area (Å²) in [5, 5.41) is 9.53. The first-order valence-electron chi connectivity index (χ1n) is 10.8. The van der Waals surface area contributed by atoms with E-state index in [2.05, 4.69) is 25.5 Å². The first-order chi connectivity index (χ1) is 17.3. The van der Waals surface area contributed by atoms with Gasteiger partial charge in [0.1, 0.15) is 17.1 Å². The Labute approximate surface area is 204 Å². The maximum Gasteiger partial charge on any atom is 0.387 e. The fourth-order valence-corrected chi connectivity index (χ4v) is 3.43. The summed E-state index contributed by atoms with van der Waals surface area (Å²) in [5.41, 5.74) is 2.28. The summed E-state index contributed by atoms with van der Waals surface area (Å²) < 4.78 is 30.6. The van der Waals surface area contributed by atoms with Crippen LogP contribution in [0.3, 0.4) is 0 Å². The van der Waals surface area contributed by atoms with Gasteiger partial charge in [-0.2, -0.15) is 13.9 Å². The Balaban J connectivity index is 1.47. The smallest absolute Gasteiger partial charge is 0.387 e. The number of ketones is 1. The van der Waals surface area contributed by atoms with E-state index in [4.69, 9.17) is 0 Å². The molecule has 0 aliphatic heterocycles. The maximum absolute atomic E-state index is 12.9. The summed E-state index contributed by atoms with van der Waals surface area (Å²) in [5.74, 6) is -1.12. The van der Waals surface area contributed by atoms with Gasteiger partial charge >= 0.3 is 6.61 Å². The number of Topliss-reactive ketones (excluding diaryl/α,β-unsaturated/α-hetero) is 1. The molecule has 4 rings (SSSR count). The number of rotatable bonds is 9. The van der Waals surface area contributed by atoms with Crippen molar-refractivity contribution in [1.82, 2.24) is 25.2 Å². The molecular weight excluding hydrogens is 472 g/mol. The van der Waals surface area contributed by atoms with Crippen LogP contribution in [-0.4, -0.2) is 38.8 Å². The van der Waals surface area contributed by atoms with Crippen LogP contribution >= 0.6 is 0 Å². The maximum atomic E-state index is 12.9. The number of hydrogen-bond donors (Lipinski definition) is 2. The van der Waals surface area contributed by atoms with Gasteiger partial charge in [0.25, 0.3) is 11.8 Å². The predicted octanol–water partition coefficient (Wildman–Crippen LogP) is 3.39. The van der Waals surface area contributed by atoms with Gasteiger partial charge in [0.05, 0.1) is 6.20 Å². The molecule has 0 fully saturated rings. The minimum atomic E-state index is -2.95. The third-order valence-electron chi connectivity index (χ3n) is 5.21. The highest BCUT2D eigenvalue weighted by Crippen LogP contribution is 2.16. The summed E-state index contributed by atoms with van der Waals surface area (Å²) in [6, 6.07) is 15.7. The Kier molecular flexibility index (Phi) is 7.28. The van der Waals surface area contributed by atoms with Crippen LogP contribution in [0.2, 0.25) is 0 Å². The number of carbonyl (C=O) groups excluding carboxylic acids is 3. The minimum Gasteiger partial charge on any atom is -0.435 e. The van der Waals surface area contributed by atoms with Crippen molar-refractivity contribution in [2.75, 3.05) is 0 Å². The predicted molar refractivity (Wildman–Crippen MR) is 125 cm³/mol. The number of benzene rings is 2. The first-order valence-corrected chi connectivity index (χ1v) is 10.8. The van der Waals surface area contributed by atoms with Crippen molar-refractivity contribution in [1.29, 1.82) is 0 Å². The Morgan fingerprint density at radius 1 is 0.944 bits per heavy atom. The lowest BCUT2D eigenvalue weighted by Gasteiger charge is -2.10. The Hall–Kier alpha value is -4.67. The van der Waals surface area contributed by atoms with Crippen molar-refractivity contribution >= 4 is 23.2 Å². The molecule has 11 heteroatoms. The zero-order chi connectivity index (χ0) is 25.7. The van der Waals surface area contributed by atoms with E-state index in [0.29, 0.717) is 16.8 Å². The second kappa shape index (κ2) is 10.7. The van der Waals surface area contributed by atoms with Crippen molar-refractivity contribution < 1.29 is 27.9 Å². The molecule has 0 saturated carbocycles. The van der Waals surface area contributed by atoms with E-state index in [1.165, 1.54) is 41.9 Å². The van der Waals surface area contributed by atoms with Crippen LogP contribution in [-0.2, 0) is 13.1 Å². The second-order valence-electron chi connectivity index (χ2n) is 7.77. The Morgan fingerprint density at radius 2 is 1.67 bits per heavy atom. The third kappa shape index (κ3) is 5.87. The average Bonchev–Trinajstić information content (AvgIpc) is 3.34. The topological polar surface area (TPSA) is 115 Å².